The average molecular weight is 512 g/mol. The molecule has 5 rings (SSSR count). The molecular formula is C31H26ClNO4. The summed E-state index contributed by atoms with van der Waals surface area (Å²) in [6.45, 7) is 2.73. The molecule has 4 aromatic rings. The van der Waals surface area contributed by atoms with Crippen LogP contribution in [-0.2, 0) is 18.1 Å². The van der Waals surface area contributed by atoms with E-state index < -0.39 is 0 Å². The molecule has 1 atom stereocenters. The van der Waals surface area contributed by atoms with Gasteiger partial charge in [-0.3, -0.25) is 4.79 Å². The lowest BCUT2D eigenvalue weighted by Crippen LogP contribution is -2.18. The van der Waals surface area contributed by atoms with Gasteiger partial charge in [0.05, 0.1) is 16.6 Å². The molecule has 6 heteroatoms. The van der Waals surface area contributed by atoms with Crippen molar-refractivity contribution in [1.82, 2.24) is 5.48 Å². The molecule has 37 heavy (non-hydrogen) atoms. The van der Waals surface area contributed by atoms with E-state index in [-0.39, 0.29) is 6.04 Å². The van der Waals surface area contributed by atoms with Gasteiger partial charge in [0.2, 0.25) is 0 Å². The largest absolute Gasteiger partial charge is 0.488 e. The van der Waals surface area contributed by atoms with Crippen LogP contribution < -0.4 is 15.0 Å². The second kappa shape index (κ2) is 11.3. The Morgan fingerprint density at radius 2 is 1.49 bits per heavy atom. The number of nitrogens with one attached hydrogen (secondary N) is 1. The summed E-state index contributed by atoms with van der Waals surface area (Å²) in [5.41, 5.74) is 8.17. The van der Waals surface area contributed by atoms with Crippen molar-refractivity contribution in [3.63, 3.8) is 0 Å². The maximum absolute atomic E-state index is 11.4. The molecule has 0 radical (unpaired) electrons. The molecule has 1 unspecified atom stereocenters. The van der Waals surface area contributed by atoms with Crippen molar-refractivity contribution in [3.8, 4) is 11.5 Å². The van der Waals surface area contributed by atoms with Crippen LogP contribution in [0.5, 0.6) is 11.5 Å². The topological polar surface area (TPSA) is 56.8 Å². The van der Waals surface area contributed by atoms with Gasteiger partial charge in [-0.25, -0.2) is 0 Å². The molecule has 1 N–H and O–H groups in total. The summed E-state index contributed by atoms with van der Waals surface area (Å²) >= 11 is 6.72. The van der Waals surface area contributed by atoms with E-state index >= 15 is 0 Å². The first-order valence-electron chi connectivity index (χ1n) is 12.0. The molecule has 0 saturated carbocycles. The van der Waals surface area contributed by atoms with Crippen LogP contribution in [0.2, 0.25) is 5.02 Å². The number of rotatable bonds is 9. The first-order valence-corrected chi connectivity index (χ1v) is 12.4. The van der Waals surface area contributed by atoms with Crippen LogP contribution >= 0.6 is 11.6 Å². The Morgan fingerprint density at radius 3 is 2.14 bits per heavy atom. The van der Waals surface area contributed by atoms with Crippen LogP contribution in [0.25, 0.3) is 11.3 Å². The number of carbonyl (C=O) groups is 1. The van der Waals surface area contributed by atoms with Crippen LogP contribution in [0.1, 0.15) is 39.5 Å². The van der Waals surface area contributed by atoms with E-state index in [2.05, 4.69) is 5.48 Å². The summed E-state index contributed by atoms with van der Waals surface area (Å²) in [6, 6.07) is 30.8. The molecule has 0 spiro atoms. The maximum Gasteiger partial charge on any atom is 0.163 e. The van der Waals surface area contributed by atoms with Gasteiger partial charge < -0.3 is 14.3 Å². The summed E-state index contributed by atoms with van der Waals surface area (Å²) in [5.74, 6) is 1.68. The molecule has 1 aliphatic rings. The fraction of sp³-hybridized carbons (Fsp3) is 0.129. The van der Waals surface area contributed by atoms with E-state index in [9.17, 15) is 4.79 Å². The minimum absolute atomic E-state index is 0.119. The molecule has 1 heterocycles. The average Bonchev–Trinajstić information content (AvgIpc) is 3.33. The third-order valence-corrected chi connectivity index (χ3v) is 6.40. The van der Waals surface area contributed by atoms with Crippen molar-refractivity contribution in [2.45, 2.75) is 26.2 Å². The van der Waals surface area contributed by atoms with Crippen molar-refractivity contribution >= 4 is 29.2 Å². The quantitative estimate of drug-likeness (QED) is 0.243. The van der Waals surface area contributed by atoms with Crippen LogP contribution in [0.3, 0.4) is 0 Å². The second-order valence-electron chi connectivity index (χ2n) is 8.76. The molecule has 4 aromatic carbocycles. The number of halogens is 1. The van der Waals surface area contributed by atoms with Gasteiger partial charge in [-0.1, -0.05) is 90.5 Å². The lowest BCUT2D eigenvalue weighted by Gasteiger charge is -2.17. The SMILES string of the molecule is CC1NOC(c2cc(Cl)c(OCc3ccccc3)cc2OCc2ccccc2)=C1c1cccc(C=O)c1. The molecule has 0 amide bonds. The second-order valence-corrected chi connectivity index (χ2v) is 9.16. The van der Waals surface area contributed by atoms with Crippen molar-refractivity contribution in [2.75, 3.05) is 0 Å². The smallest absolute Gasteiger partial charge is 0.163 e. The highest BCUT2D eigenvalue weighted by molar-refractivity contribution is 6.32. The van der Waals surface area contributed by atoms with Gasteiger partial charge in [0.25, 0.3) is 0 Å². The van der Waals surface area contributed by atoms with Gasteiger partial charge in [0.15, 0.2) is 5.76 Å². The summed E-state index contributed by atoms with van der Waals surface area (Å²) in [6.07, 6.45) is 0.835. The normalized spacial score (nSPS) is 14.8. The number of hydrogen-bond acceptors (Lipinski definition) is 5. The standard InChI is InChI=1S/C31H26ClNO4/c1-21-30(25-14-8-13-24(15-25)18-34)31(37-33-21)26-16-27(32)29(36-20-23-11-6-3-7-12-23)17-28(26)35-19-22-9-4-2-5-10-22/h2-18,21,33H,19-20H2,1H3. The highest BCUT2D eigenvalue weighted by atomic mass is 35.5. The summed E-state index contributed by atoms with van der Waals surface area (Å²) in [5, 5.41) is 0.439. The number of hydroxylamine groups is 1. The molecule has 186 valence electrons. The number of ether oxygens (including phenoxy) is 2. The Labute approximate surface area is 221 Å². The van der Waals surface area contributed by atoms with Crippen LogP contribution in [0.4, 0.5) is 0 Å². The fourth-order valence-electron chi connectivity index (χ4n) is 4.23. The van der Waals surface area contributed by atoms with Gasteiger partial charge in [-0.2, -0.15) is 0 Å². The minimum atomic E-state index is -0.119. The van der Waals surface area contributed by atoms with Crippen LogP contribution in [0, 0.1) is 0 Å². The van der Waals surface area contributed by atoms with Gasteiger partial charge in [-0.15, -0.1) is 5.48 Å². The Kier molecular flexibility index (Phi) is 7.54. The lowest BCUT2D eigenvalue weighted by atomic mass is 9.95. The van der Waals surface area contributed by atoms with E-state index in [1.54, 1.807) is 12.1 Å². The molecule has 0 saturated heterocycles. The number of carbonyl (C=O) groups excluding carboxylic acids is 1. The molecule has 0 fully saturated rings. The van der Waals surface area contributed by atoms with E-state index in [0.29, 0.717) is 46.6 Å². The maximum atomic E-state index is 11.4. The van der Waals surface area contributed by atoms with E-state index in [0.717, 1.165) is 28.5 Å². The predicted octanol–water partition coefficient (Wildman–Crippen LogP) is 7.10. The van der Waals surface area contributed by atoms with E-state index in [1.807, 2.05) is 91.9 Å². The molecule has 1 aliphatic heterocycles. The first kappa shape index (κ1) is 24.6. The summed E-state index contributed by atoms with van der Waals surface area (Å²) in [4.78, 5) is 17.4. The van der Waals surface area contributed by atoms with Crippen LogP contribution in [-0.4, -0.2) is 12.3 Å². The Balaban J connectivity index is 1.55. The fourth-order valence-corrected chi connectivity index (χ4v) is 4.45. The monoisotopic (exact) mass is 511 g/mol. The molecular weight excluding hydrogens is 486 g/mol. The highest BCUT2D eigenvalue weighted by Crippen LogP contribution is 2.42. The zero-order valence-electron chi connectivity index (χ0n) is 20.3. The highest BCUT2D eigenvalue weighted by Gasteiger charge is 2.29. The van der Waals surface area contributed by atoms with E-state index in [1.165, 1.54) is 0 Å². The first-order chi connectivity index (χ1) is 18.1. The zero-order valence-corrected chi connectivity index (χ0v) is 21.1. The molecule has 0 aliphatic carbocycles. The van der Waals surface area contributed by atoms with Gasteiger partial charge in [0, 0.05) is 17.2 Å². The van der Waals surface area contributed by atoms with Crippen LogP contribution in [0.15, 0.2) is 97.1 Å². The minimum Gasteiger partial charge on any atom is -0.488 e. The van der Waals surface area contributed by atoms with Crippen molar-refractivity contribution in [2.24, 2.45) is 0 Å². The number of hydrogen-bond donors (Lipinski definition) is 1. The Morgan fingerprint density at radius 1 is 0.838 bits per heavy atom. The molecule has 5 nitrogen and oxygen atoms in total. The van der Waals surface area contributed by atoms with Gasteiger partial charge in [0.1, 0.15) is 31.0 Å². The third kappa shape index (κ3) is 5.69. The summed E-state index contributed by atoms with van der Waals surface area (Å²) in [7, 11) is 0. The Hall–Kier alpha value is -4.06. The molecule has 0 bridgehead atoms. The zero-order chi connectivity index (χ0) is 25.6. The van der Waals surface area contributed by atoms with Crippen molar-refractivity contribution in [3.05, 3.63) is 130 Å². The predicted molar refractivity (Wildman–Crippen MR) is 145 cm³/mol. The third-order valence-electron chi connectivity index (χ3n) is 6.10. The van der Waals surface area contributed by atoms with Crippen molar-refractivity contribution in [1.29, 1.82) is 0 Å². The summed E-state index contributed by atoms with van der Waals surface area (Å²) < 4.78 is 12.4. The molecule has 0 aromatic heterocycles. The number of benzene rings is 4. The van der Waals surface area contributed by atoms with Gasteiger partial charge in [-0.05, 0) is 35.7 Å². The Bertz CT molecular complexity index is 1420. The number of aldehydes is 1. The van der Waals surface area contributed by atoms with E-state index in [4.69, 9.17) is 25.9 Å². The van der Waals surface area contributed by atoms with Crippen molar-refractivity contribution < 1.29 is 19.1 Å². The lowest BCUT2D eigenvalue weighted by molar-refractivity contribution is 0.112. The van der Waals surface area contributed by atoms with Gasteiger partial charge >= 0.3 is 0 Å².